The molecule has 0 aliphatic rings. The van der Waals surface area contributed by atoms with E-state index in [4.69, 9.17) is 16.6 Å². The number of carboxylic acid groups (broad SMARTS) is 1. The molecule has 4 atom stereocenters. The number of nitrogens with one attached hydrogen (secondary N) is 3. The summed E-state index contributed by atoms with van der Waals surface area (Å²) in [6.07, 6.45) is -0.189. The highest BCUT2D eigenvalue weighted by atomic mass is 32.1. The number of aliphatic hydroxyl groups excluding tert-OH is 1. The number of primary amides is 1. The Morgan fingerprint density at radius 2 is 1.32 bits per heavy atom. The van der Waals surface area contributed by atoms with Crippen molar-refractivity contribution in [2.75, 3.05) is 18.1 Å². The molecule has 0 bridgehead atoms. The number of carboxylic acids is 1. The van der Waals surface area contributed by atoms with Gasteiger partial charge >= 0.3 is 5.97 Å². The van der Waals surface area contributed by atoms with Crippen LogP contribution in [-0.2, 0) is 24.0 Å². The van der Waals surface area contributed by atoms with Gasteiger partial charge in [0, 0.05) is 17.9 Å². The fourth-order valence-corrected chi connectivity index (χ4v) is 2.33. The van der Waals surface area contributed by atoms with Crippen LogP contribution in [0.4, 0.5) is 0 Å². The fraction of sp³-hybridized carbons (Fsp3) is 0.643. The van der Waals surface area contributed by atoms with Crippen LogP contribution >= 0.6 is 25.3 Å². The number of rotatable bonds is 13. The number of hydrogen-bond acceptors (Lipinski definition) is 9. The quantitative estimate of drug-likeness (QED) is 0.128. The molecule has 12 nitrogen and oxygen atoms in total. The molecule has 0 aliphatic carbocycles. The molecule has 0 aromatic carbocycles. The first kappa shape index (κ1) is 26.0. The second kappa shape index (κ2) is 13.2. The van der Waals surface area contributed by atoms with Gasteiger partial charge in [-0.3, -0.25) is 19.2 Å². The minimum Gasteiger partial charge on any atom is -0.480 e. The Morgan fingerprint density at radius 1 is 0.857 bits per heavy atom. The second-order valence-electron chi connectivity index (χ2n) is 5.68. The monoisotopic (exact) mass is 439 g/mol. The summed E-state index contributed by atoms with van der Waals surface area (Å²) in [5.74, 6) is -4.85. The summed E-state index contributed by atoms with van der Waals surface area (Å²) in [5.41, 5.74) is 10.5. The van der Waals surface area contributed by atoms with Crippen molar-refractivity contribution in [3.8, 4) is 0 Å². The number of aliphatic hydroxyl groups is 1. The van der Waals surface area contributed by atoms with Crippen molar-refractivity contribution < 1.29 is 34.2 Å². The third kappa shape index (κ3) is 9.25. The van der Waals surface area contributed by atoms with E-state index in [0.717, 1.165) is 0 Å². The van der Waals surface area contributed by atoms with E-state index in [0.29, 0.717) is 0 Å². The molecule has 0 rings (SSSR count). The van der Waals surface area contributed by atoms with Crippen LogP contribution in [0.15, 0.2) is 0 Å². The minimum atomic E-state index is -1.43. The lowest BCUT2D eigenvalue weighted by Crippen LogP contribution is -2.58. The average Bonchev–Trinajstić information content (AvgIpc) is 2.65. The Labute approximate surface area is 172 Å². The van der Waals surface area contributed by atoms with Gasteiger partial charge in [-0.25, -0.2) is 4.79 Å². The van der Waals surface area contributed by atoms with Crippen molar-refractivity contribution in [1.29, 1.82) is 0 Å². The first-order valence-electron chi connectivity index (χ1n) is 8.07. The van der Waals surface area contributed by atoms with E-state index >= 15 is 0 Å². The van der Waals surface area contributed by atoms with E-state index in [9.17, 15) is 29.1 Å². The highest BCUT2D eigenvalue weighted by Crippen LogP contribution is 1.98. The topological polar surface area (TPSA) is 214 Å². The molecule has 0 aromatic heterocycles. The van der Waals surface area contributed by atoms with Crippen LogP contribution in [0.2, 0.25) is 0 Å². The Kier molecular flexibility index (Phi) is 12.2. The van der Waals surface area contributed by atoms with Crippen molar-refractivity contribution in [1.82, 2.24) is 16.0 Å². The van der Waals surface area contributed by atoms with Crippen molar-refractivity contribution >= 4 is 54.9 Å². The first-order valence-corrected chi connectivity index (χ1v) is 9.34. The number of amides is 4. The summed E-state index contributed by atoms with van der Waals surface area (Å²) in [7, 11) is 0. The van der Waals surface area contributed by atoms with E-state index < -0.39 is 60.4 Å². The fourth-order valence-electron chi connectivity index (χ4n) is 1.83. The Morgan fingerprint density at radius 3 is 1.75 bits per heavy atom. The normalized spacial score (nSPS) is 14.9. The van der Waals surface area contributed by atoms with Crippen LogP contribution in [0.3, 0.4) is 0 Å². The van der Waals surface area contributed by atoms with Crippen LogP contribution in [0, 0.1) is 0 Å². The van der Waals surface area contributed by atoms with Gasteiger partial charge in [-0.15, -0.1) is 0 Å². The first-order chi connectivity index (χ1) is 13.1. The largest absolute Gasteiger partial charge is 0.480 e. The standard InChI is InChI=1S/C14H25N5O7S2/c15-6(1-2-10(16)21)11(22)17-7(3-20)12(23)18-8(4-27)13(24)19-9(5-28)14(25)26/h6-9,20,27-28H,1-5,15H2,(H2,16,21)(H,17,22)(H,18,23)(H,19,24)(H,25,26). The summed E-state index contributed by atoms with van der Waals surface area (Å²) in [4.78, 5) is 57.9. The maximum Gasteiger partial charge on any atom is 0.327 e. The van der Waals surface area contributed by atoms with Gasteiger partial charge < -0.3 is 37.6 Å². The summed E-state index contributed by atoms with van der Waals surface area (Å²) < 4.78 is 0. The molecule has 0 aromatic rings. The molecule has 160 valence electrons. The molecule has 14 heteroatoms. The van der Waals surface area contributed by atoms with Crippen molar-refractivity contribution in [2.24, 2.45) is 11.5 Å². The van der Waals surface area contributed by atoms with Crippen LogP contribution in [0.25, 0.3) is 0 Å². The van der Waals surface area contributed by atoms with Gasteiger partial charge in [0.05, 0.1) is 12.6 Å². The summed E-state index contributed by atoms with van der Waals surface area (Å²) in [6.45, 7) is -0.796. The second-order valence-corrected chi connectivity index (χ2v) is 6.41. The number of aliphatic carboxylic acids is 1. The van der Waals surface area contributed by atoms with E-state index in [1.54, 1.807) is 0 Å². The number of thiol groups is 2. The van der Waals surface area contributed by atoms with Crippen molar-refractivity contribution in [3.63, 3.8) is 0 Å². The zero-order valence-electron chi connectivity index (χ0n) is 14.8. The zero-order chi connectivity index (χ0) is 21.9. The molecule has 0 fully saturated rings. The van der Waals surface area contributed by atoms with Crippen LogP contribution < -0.4 is 27.4 Å². The van der Waals surface area contributed by atoms with Gasteiger partial charge in [-0.1, -0.05) is 0 Å². The zero-order valence-corrected chi connectivity index (χ0v) is 16.6. The van der Waals surface area contributed by atoms with Crippen LogP contribution in [0.1, 0.15) is 12.8 Å². The van der Waals surface area contributed by atoms with Crippen LogP contribution in [-0.4, -0.2) is 82.1 Å². The van der Waals surface area contributed by atoms with Gasteiger partial charge in [0.25, 0.3) is 0 Å². The molecule has 0 saturated heterocycles. The van der Waals surface area contributed by atoms with Crippen LogP contribution in [0.5, 0.6) is 0 Å². The lowest BCUT2D eigenvalue weighted by atomic mass is 10.1. The van der Waals surface area contributed by atoms with Gasteiger partial charge in [0.15, 0.2) is 0 Å². The van der Waals surface area contributed by atoms with E-state index in [1.165, 1.54) is 0 Å². The Hall–Kier alpha value is -2.03. The van der Waals surface area contributed by atoms with Gasteiger partial charge in [0.2, 0.25) is 23.6 Å². The van der Waals surface area contributed by atoms with Gasteiger partial charge in [-0.05, 0) is 6.42 Å². The molecule has 0 saturated carbocycles. The molecule has 0 aliphatic heterocycles. The summed E-state index contributed by atoms with van der Waals surface area (Å²) in [5, 5.41) is 24.9. The average molecular weight is 440 g/mol. The molecule has 0 spiro atoms. The van der Waals surface area contributed by atoms with Crippen molar-refractivity contribution in [2.45, 2.75) is 37.0 Å². The third-order valence-electron chi connectivity index (χ3n) is 3.47. The number of carbonyl (C=O) groups is 5. The van der Waals surface area contributed by atoms with E-state index in [-0.39, 0.29) is 24.3 Å². The SMILES string of the molecule is NC(=O)CCC(N)C(=O)NC(CO)C(=O)NC(CS)C(=O)NC(CS)C(=O)O. The highest BCUT2D eigenvalue weighted by molar-refractivity contribution is 7.80. The number of nitrogens with two attached hydrogens (primary N) is 2. The molecular weight excluding hydrogens is 414 g/mol. The third-order valence-corrected chi connectivity index (χ3v) is 4.20. The van der Waals surface area contributed by atoms with Crippen molar-refractivity contribution in [3.05, 3.63) is 0 Å². The molecule has 9 N–H and O–H groups in total. The maximum absolute atomic E-state index is 12.2. The van der Waals surface area contributed by atoms with E-state index in [1.807, 2.05) is 0 Å². The molecule has 0 heterocycles. The molecule has 4 amide bonds. The van der Waals surface area contributed by atoms with E-state index in [2.05, 4.69) is 41.2 Å². The Bertz CT molecular complexity index is 592. The number of carbonyl (C=O) groups excluding carboxylic acids is 4. The lowest BCUT2D eigenvalue weighted by molar-refractivity contribution is -0.141. The lowest BCUT2D eigenvalue weighted by Gasteiger charge is -2.23. The van der Waals surface area contributed by atoms with Gasteiger partial charge in [-0.2, -0.15) is 25.3 Å². The smallest absolute Gasteiger partial charge is 0.327 e. The maximum atomic E-state index is 12.2. The number of hydrogen-bond donors (Lipinski definition) is 9. The Balaban J connectivity index is 4.86. The molecule has 28 heavy (non-hydrogen) atoms. The minimum absolute atomic E-state index is 0.0527. The highest BCUT2D eigenvalue weighted by Gasteiger charge is 2.29. The summed E-state index contributed by atoms with van der Waals surface area (Å²) >= 11 is 7.73. The molecule has 4 unspecified atom stereocenters. The molecular formula is C14H25N5O7S2. The van der Waals surface area contributed by atoms with Gasteiger partial charge in [0.1, 0.15) is 18.1 Å². The predicted octanol–water partition coefficient (Wildman–Crippen LogP) is -4.03. The summed E-state index contributed by atoms with van der Waals surface area (Å²) in [6, 6.07) is -5.06. The molecule has 0 radical (unpaired) electrons. The predicted molar refractivity (Wildman–Crippen MR) is 105 cm³/mol.